The highest BCUT2D eigenvalue weighted by Crippen LogP contribution is 2.52. The number of fused-ring (bicyclic) bond motifs is 1. The highest BCUT2D eigenvalue weighted by Gasteiger charge is 2.47. The molecule has 2 saturated carbocycles. The van der Waals surface area contributed by atoms with Crippen molar-refractivity contribution in [2.75, 3.05) is 5.32 Å². The topological polar surface area (TPSA) is 12.0 Å². The first-order valence-corrected chi connectivity index (χ1v) is 6.43. The standard InChI is InChI=1S/C12H14IN/c13-10-3-1-2-4-12(10)14-11-6-5-8-7-9(8)11/h1-4,8-9,11,14H,5-7H2. The van der Waals surface area contributed by atoms with Crippen molar-refractivity contribution < 1.29 is 0 Å². The summed E-state index contributed by atoms with van der Waals surface area (Å²) in [4.78, 5) is 0. The predicted octanol–water partition coefficient (Wildman–Crippen LogP) is 3.50. The Morgan fingerprint density at radius 2 is 2.07 bits per heavy atom. The van der Waals surface area contributed by atoms with E-state index in [1.54, 1.807) is 0 Å². The number of halogens is 1. The van der Waals surface area contributed by atoms with E-state index in [-0.39, 0.29) is 0 Å². The van der Waals surface area contributed by atoms with Crippen LogP contribution in [0, 0.1) is 15.4 Å². The number of hydrogen-bond acceptors (Lipinski definition) is 1. The molecule has 0 spiro atoms. The summed E-state index contributed by atoms with van der Waals surface area (Å²) in [7, 11) is 0. The van der Waals surface area contributed by atoms with Crippen molar-refractivity contribution in [3.63, 3.8) is 0 Å². The van der Waals surface area contributed by atoms with Crippen molar-refractivity contribution >= 4 is 28.3 Å². The van der Waals surface area contributed by atoms with Gasteiger partial charge in [0, 0.05) is 15.3 Å². The maximum atomic E-state index is 3.69. The Bertz CT molecular complexity index is 350. The molecule has 1 N–H and O–H groups in total. The third kappa shape index (κ3) is 1.53. The van der Waals surface area contributed by atoms with E-state index in [4.69, 9.17) is 0 Å². The van der Waals surface area contributed by atoms with Gasteiger partial charge < -0.3 is 5.32 Å². The Hall–Kier alpha value is -0.250. The number of anilines is 1. The summed E-state index contributed by atoms with van der Waals surface area (Å²) in [5.41, 5.74) is 1.32. The monoisotopic (exact) mass is 299 g/mol. The molecule has 0 saturated heterocycles. The van der Waals surface area contributed by atoms with Gasteiger partial charge in [-0.2, -0.15) is 0 Å². The zero-order valence-corrected chi connectivity index (χ0v) is 10.2. The van der Waals surface area contributed by atoms with E-state index in [9.17, 15) is 0 Å². The molecule has 74 valence electrons. The van der Waals surface area contributed by atoms with Gasteiger partial charge in [0.1, 0.15) is 0 Å². The van der Waals surface area contributed by atoms with Crippen LogP contribution in [0.25, 0.3) is 0 Å². The third-order valence-electron chi connectivity index (χ3n) is 3.56. The molecule has 14 heavy (non-hydrogen) atoms. The molecule has 0 bridgehead atoms. The largest absolute Gasteiger partial charge is 0.381 e. The van der Waals surface area contributed by atoms with Crippen LogP contribution in [0.15, 0.2) is 24.3 Å². The number of nitrogens with one attached hydrogen (secondary N) is 1. The van der Waals surface area contributed by atoms with E-state index < -0.39 is 0 Å². The van der Waals surface area contributed by atoms with E-state index >= 15 is 0 Å². The molecule has 2 aliphatic rings. The summed E-state index contributed by atoms with van der Waals surface area (Å²) in [6.45, 7) is 0. The Kier molecular flexibility index (Phi) is 2.19. The lowest BCUT2D eigenvalue weighted by molar-refractivity contribution is 0.654. The quantitative estimate of drug-likeness (QED) is 0.824. The molecule has 0 radical (unpaired) electrons. The molecule has 0 amide bonds. The molecule has 2 heteroatoms. The van der Waals surface area contributed by atoms with Gasteiger partial charge in [0.2, 0.25) is 0 Å². The summed E-state index contributed by atoms with van der Waals surface area (Å²) in [5.74, 6) is 2.06. The van der Waals surface area contributed by atoms with Crippen molar-refractivity contribution in [1.29, 1.82) is 0 Å². The lowest BCUT2D eigenvalue weighted by Gasteiger charge is -2.16. The summed E-state index contributed by atoms with van der Waals surface area (Å²) >= 11 is 2.40. The van der Waals surface area contributed by atoms with Gasteiger partial charge in [-0.1, -0.05) is 12.1 Å². The molecule has 1 aromatic carbocycles. The predicted molar refractivity (Wildman–Crippen MR) is 67.4 cm³/mol. The zero-order valence-electron chi connectivity index (χ0n) is 8.04. The lowest BCUT2D eigenvalue weighted by atomic mass is 10.1. The van der Waals surface area contributed by atoms with Gasteiger partial charge in [-0.3, -0.25) is 0 Å². The van der Waals surface area contributed by atoms with Gasteiger partial charge in [0.05, 0.1) is 0 Å². The van der Waals surface area contributed by atoms with Crippen LogP contribution in [0.4, 0.5) is 5.69 Å². The normalized spacial score (nSPS) is 33.9. The second-order valence-corrected chi connectivity index (χ2v) is 5.63. The first-order chi connectivity index (χ1) is 6.84. The van der Waals surface area contributed by atoms with Gasteiger partial charge in [0.15, 0.2) is 0 Å². The number of hydrogen-bond donors (Lipinski definition) is 1. The number of benzene rings is 1. The van der Waals surface area contributed by atoms with Crippen LogP contribution in [0.3, 0.4) is 0 Å². The fraction of sp³-hybridized carbons (Fsp3) is 0.500. The van der Waals surface area contributed by atoms with Crippen molar-refractivity contribution in [2.45, 2.75) is 25.3 Å². The summed E-state index contributed by atoms with van der Waals surface area (Å²) in [6, 6.07) is 9.33. The molecule has 2 fully saturated rings. The van der Waals surface area contributed by atoms with Crippen molar-refractivity contribution in [3.8, 4) is 0 Å². The Balaban J connectivity index is 1.74. The third-order valence-corrected chi connectivity index (χ3v) is 4.50. The van der Waals surface area contributed by atoms with Crippen molar-refractivity contribution in [3.05, 3.63) is 27.8 Å². The van der Waals surface area contributed by atoms with Crippen LogP contribution < -0.4 is 5.32 Å². The van der Waals surface area contributed by atoms with Crippen LogP contribution in [-0.2, 0) is 0 Å². The minimum absolute atomic E-state index is 0.760. The Morgan fingerprint density at radius 3 is 2.71 bits per heavy atom. The van der Waals surface area contributed by atoms with E-state index in [0.717, 1.165) is 17.9 Å². The van der Waals surface area contributed by atoms with Gasteiger partial charge in [-0.25, -0.2) is 0 Å². The van der Waals surface area contributed by atoms with Gasteiger partial charge in [-0.05, 0) is 65.8 Å². The molecule has 2 aliphatic carbocycles. The second kappa shape index (κ2) is 3.40. The average molecular weight is 299 g/mol. The minimum Gasteiger partial charge on any atom is -0.381 e. The Morgan fingerprint density at radius 1 is 1.21 bits per heavy atom. The Labute approximate surface area is 98.4 Å². The van der Waals surface area contributed by atoms with Crippen LogP contribution in [0.5, 0.6) is 0 Å². The molecule has 1 aromatic rings. The van der Waals surface area contributed by atoms with Gasteiger partial charge >= 0.3 is 0 Å². The molecule has 3 unspecified atom stereocenters. The molecule has 3 rings (SSSR count). The van der Waals surface area contributed by atoms with E-state index in [1.165, 1.54) is 28.5 Å². The molecule has 1 nitrogen and oxygen atoms in total. The molecule has 3 atom stereocenters. The van der Waals surface area contributed by atoms with Crippen LogP contribution in [0.2, 0.25) is 0 Å². The maximum Gasteiger partial charge on any atom is 0.0478 e. The number of para-hydroxylation sites is 1. The fourth-order valence-corrected chi connectivity index (χ4v) is 3.20. The average Bonchev–Trinajstić information content (AvgIpc) is 2.87. The molecular weight excluding hydrogens is 285 g/mol. The smallest absolute Gasteiger partial charge is 0.0478 e. The first kappa shape index (κ1) is 9.01. The first-order valence-electron chi connectivity index (χ1n) is 5.35. The van der Waals surface area contributed by atoms with Gasteiger partial charge in [-0.15, -0.1) is 0 Å². The second-order valence-electron chi connectivity index (χ2n) is 4.47. The molecule has 0 aromatic heterocycles. The molecule has 0 aliphatic heterocycles. The van der Waals surface area contributed by atoms with Crippen LogP contribution >= 0.6 is 22.6 Å². The summed E-state index contributed by atoms with van der Waals surface area (Å²) in [5, 5.41) is 3.69. The number of rotatable bonds is 2. The van der Waals surface area contributed by atoms with Crippen LogP contribution in [-0.4, -0.2) is 6.04 Å². The van der Waals surface area contributed by atoms with E-state index in [2.05, 4.69) is 52.2 Å². The molecular formula is C12H14IN. The lowest BCUT2D eigenvalue weighted by Crippen LogP contribution is -2.19. The highest BCUT2D eigenvalue weighted by molar-refractivity contribution is 14.1. The van der Waals surface area contributed by atoms with Crippen molar-refractivity contribution in [1.82, 2.24) is 0 Å². The van der Waals surface area contributed by atoms with Crippen molar-refractivity contribution in [2.24, 2.45) is 11.8 Å². The SMILES string of the molecule is Ic1ccccc1NC1CCC2CC21. The molecule has 0 heterocycles. The van der Waals surface area contributed by atoms with Crippen LogP contribution in [0.1, 0.15) is 19.3 Å². The summed E-state index contributed by atoms with van der Waals surface area (Å²) < 4.78 is 1.34. The van der Waals surface area contributed by atoms with Gasteiger partial charge in [0.25, 0.3) is 0 Å². The highest BCUT2D eigenvalue weighted by atomic mass is 127. The summed E-state index contributed by atoms with van der Waals surface area (Å²) in [6.07, 6.45) is 4.30. The maximum absolute atomic E-state index is 3.69. The minimum atomic E-state index is 0.760. The zero-order chi connectivity index (χ0) is 9.54. The fourth-order valence-electron chi connectivity index (χ4n) is 2.66. The van der Waals surface area contributed by atoms with E-state index in [0.29, 0.717) is 0 Å². The van der Waals surface area contributed by atoms with E-state index in [1.807, 2.05) is 0 Å².